The molecular formula is C23H30N4O5. The highest BCUT2D eigenvalue weighted by molar-refractivity contribution is 5.99. The lowest BCUT2D eigenvalue weighted by atomic mass is 10.0. The van der Waals surface area contributed by atoms with Gasteiger partial charge < -0.3 is 24.6 Å². The first kappa shape index (κ1) is 23.3. The lowest BCUT2D eigenvalue weighted by molar-refractivity contribution is -0.135. The van der Waals surface area contributed by atoms with Crippen molar-refractivity contribution in [2.75, 3.05) is 39.9 Å². The molecule has 3 amide bonds. The first-order valence-electron chi connectivity index (χ1n) is 10.8. The van der Waals surface area contributed by atoms with Crippen LogP contribution in [0.5, 0.6) is 5.75 Å². The number of para-hydroxylation sites is 1. The lowest BCUT2D eigenvalue weighted by Gasteiger charge is -2.36. The number of benzene rings is 1. The van der Waals surface area contributed by atoms with Crippen molar-refractivity contribution in [3.8, 4) is 5.75 Å². The number of hydrogen-bond acceptors (Lipinski definition) is 6. The van der Waals surface area contributed by atoms with E-state index in [-0.39, 0.29) is 23.6 Å². The quantitative estimate of drug-likeness (QED) is 0.737. The number of piperazine rings is 1. The Bertz CT molecular complexity index is 986. The van der Waals surface area contributed by atoms with E-state index in [0.29, 0.717) is 44.1 Å². The number of carbonyl (C=O) groups is 3. The Hall–Kier alpha value is -3.36. The van der Waals surface area contributed by atoms with E-state index in [1.807, 2.05) is 38.1 Å². The molecule has 9 heteroatoms. The van der Waals surface area contributed by atoms with E-state index in [1.165, 1.54) is 0 Å². The number of ether oxygens (including phenoxy) is 2. The SMILES string of the molecule is CCOC(=O)N1CCN(C(=O)C(NC(=O)c2cc(OC)c3ccccc3n2)C(C)C)CC1. The van der Waals surface area contributed by atoms with Crippen molar-refractivity contribution >= 4 is 28.8 Å². The predicted molar refractivity (Wildman–Crippen MR) is 120 cm³/mol. The van der Waals surface area contributed by atoms with E-state index in [0.717, 1.165) is 5.39 Å². The molecule has 1 atom stereocenters. The molecular weight excluding hydrogens is 412 g/mol. The van der Waals surface area contributed by atoms with Gasteiger partial charge in [0.1, 0.15) is 17.5 Å². The third kappa shape index (κ3) is 5.09. The molecule has 2 aromatic rings. The Balaban J connectivity index is 1.71. The Labute approximate surface area is 187 Å². The van der Waals surface area contributed by atoms with E-state index >= 15 is 0 Å². The molecule has 9 nitrogen and oxygen atoms in total. The molecule has 3 rings (SSSR count). The lowest BCUT2D eigenvalue weighted by Crippen LogP contribution is -2.57. The Morgan fingerprint density at radius 3 is 2.38 bits per heavy atom. The van der Waals surface area contributed by atoms with E-state index < -0.39 is 11.9 Å². The van der Waals surface area contributed by atoms with Crippen molar-refractivity contribution in [3.63, 3.8) is 0 Å². The second-order valence-electron chi connectivity index (χ2n) is 7.93. The number of pyridine rings is 1. The minimum Gasteiger partial charge on any atom is -0.496 e. The molecule has 0 spiro atoms. The minimum absolute atomic E-state index is 0.128. The highest BCUT2D eigenvalue weighted by Gasteiger charge is 2.32. The highest BCUT2D eigenvalue weighted by atomic mass is 16.6. The summed E-state index contributed by atoms with van der Waals surface area (Å²) in [7, 11) is 1.54. The van der Waals surface area contributed by atoms with Crippen molar-refractivity contribution in [2.24, 2.45) is 5.92 Å². The molecule has 0 radical (unpaired) electrons. The van der Waals surface area contributed by atoms with Crippen LogP contribution in [0, 0.1) is 5.92 Å². The van der Waals surface area contributed by atoms with Crippen molar-refractivity contribution in [1.29, 1.82) is 0 Å². The first-order chi connectivity index (χ1) is 15.3. The van der Waals surface area contributed by atoms with Crippen LogP contribution in [0.2, 0.25) is 0 Å². The molecule has 0 saturated carbocycles. The van der Waals surface area contributed by atoms with Crippen molar-refractivity contribution in [3.05, 3.63) is 36.0 Å². The fraction of sp³-hybridized carbons (Fsp3) is 0.478. The molecule has 2 heterocycles. The van der Waals surface area contributed by atoms with Crippen LogP contribution in [0.3, 0.4) is 0 Å². The smallest absolute Gasteiger partial charge is 0.409 e. The third-order valence-electron chi connectivity index (χ3n) is 5.47. The van der Waals surface area contributed by atoms with Gasteiger partial charge in [0.25, 0.3) is 5.91 Å². The van der Waals surface area contributed by atoms with Gasteiger partial charge in [0.2, 0.25) is 5.91 Å². The number of nitrogens with zero attached hydrogens (tertiary/aromatic N) is 3. The van der Waals surface area contributed by atoms with E-state index in [1.54, 1.807) is 29.9 Å². The summed E-state index contributed by atoms with van der Waals surface area (Å²) in [6, 6.07) is 8.27. The highest BCUT2D eigenvalue weighted by Crippen LogP contribution is 2.25. The normalized spacial score (nSPS) is 14.9. The number of rotatable bonds is 6. The second kappa shape index (κ2) is 10.3. The van der Waals surface area contributed by atoms with Crippen LogP contribution in [0.25, 0.3) is 10.9 Å². The summed E-state index contributed by atoms with van der Waals surface area (Å²) in [5, 5.41) is 3.65. The maximum absolute atomic E-state index is 13.2. The van der Waals surface area contributed by atoms with Crippen molar-refractivity contribution < 1.29 is 23.9 Å². The maximum Gasteiger partial charge on any atom is 0.409 e. The van der Waals surface area contributed by atoms with Crippen molar-refractivity contribution in [2.45, 2.75) is 26.8 Å². The van der Waals surface area contributed by atoms with Crippen LogP contribution in [0.1, 0.15) is 31.3 Å². The van der Waals surface area contributed by atoms with E-state index in [4.69, 9.17) is 9.47 Å². The number of hydrogen-bond donors (Lipinski definition) is 1. The molecule has 1 unspecified atom stereocenters. The molecule has 1 aromatic heterocycles. The van der Waals surface area contributed by atoms with Gasteiger partial charge in [0, 0.05) is 37.6 Å². The van der Waals surface area contributed by atoms with Gasteiger partial charge in [-0.25, -0.2) is 9.78 Å². The van der Waals surface area contributed by atoms with Crippen LogP contribution >= 0.6 is 0 Å². The summed E-state index contributed by atoms with van der Waals surface area (Å²) in [6.45, 7) is 7.40. The number of methoxy groups -OCH3 is 1. The zero-order valence-electron chi connectivity index (χ0n) is 19.0. The fourth-order valence-electron chi connectivity index (χ4n) is 3.68. The zero-order valence-corrected chi connectivity index (χ0v) is 19.0. The zero-order chi connectivity index (χ0) is 23.3. The Morgan fingerprint density at radius 1 is 1.09 bits per heavy atom. The predicted octanol–water partition coefficient (Wildman–Crippen LogP) is 2.30. The van der Waals surface area contributed by atoms with Gasteiger partial charge in [-0.1, -0.05) is 26.0 Å². The van der Waals surface area contributed by atoms with E-state index in [9.17, 15) is 14.4 Å². The summed E-state index contributed by atoms with van der Waals surface area (Å²) in [5.41, 5.74) is 0.825. The first-order valence-corrected chi connectivity index (χ1v) is 10.8. The Morgan fingerprint density at radius 2 is 1.75 bits per heavy atom. The molecule has 1 aliphatic heterocycles. The summed E-state index contributed by atoms with van der Waals surface area (Å²) in [5.74, 6) is -0.198. The van der Waals surface area contributed by atoms with Gasteiger partial charge in [0.15, 0.2) is 0 Å². The van der Waals surface area contributed by atoms with Crippen molar-refractivity contribution in [1.82, 2.24) is 20.1 Å². The van der Waals surface area contributed by atoms with Crippen LogP contribution in [0.4, 0.5) is 4.79 Å². The van der Waals surface area contributed by atoms with Crippen LogP contribution < -0.4 is 10.1 Å². The molecule has 1 N–H and O–H groups in total. The maximum atomic E-state index is 13.2. The summed E-state index contributed by atoms with van der Waals surface area (Å²) in [6.07, 6.45) is -0.371. The molecule has 1 saturated heterocycles. The minimum atomic E-state index is -0.712. The van der Waals surface area contributed by atoms with Gasteiger partial charge in [-0.15, -0.1) is 0 Å². The number of aromatic nitrogens is 1. The molecule has 1 aromatic carbocycles. The average molecular weight is 443 g/mol. The largest absolute Gasteiger partial charge is 0.496 e. The summed E-state index contributed by atoms with van der Waals surface area (Å²) < 4.78 is 10.4. The van der Waals surface area contributed by atoms with Crippen LogP contribution in [0.15, 0.2) is 30.3 Å². The van der Waals surface area contributed by atoms with Crippen LogP contribution in [-0.2, 0) is 9.53 Å². The fourth-order valence-corrected chi connectivity index (χ4v) is 3.68. The molecule has 172 valence electrons. The number of fused-ring (bicyclic) bond motifs is 1. The van der Waals surface area contributed by atoms with Gasteiger partial charge in [-0.2, -0.15) is 0 Å². The Kier molecular flexibility index (Phi) is 7.50. The van der Waals surface area contributed by atoms with Gasteiger partial charge in [0.05, 0.1) is 19.2 Å². The number of nitrogens with one attached hydrogen (secondary N) is 1. The van der Waals surface area contributed by atoms with Gasteiger partial charge in [-0.3, -0.25) is 9.59 Å². The van der Waals surface area contributed by atoms with Gasteiger partial charge in [-0.05, 0) is 25.0 Å². The average Bonchev–Trinajstić information content (AvgIpc) is 2.81. The monoisotopic (exact) mass is 442 g/mol. The second-order valence-corrected chi connectivity index (χ2v) is 7.93. The summed E-state index contributed by atoms with van der Waals surface area (Å²) in [4.78, 5) is 45.8. The standard InChI is InChI=1S/C23H30N4O5/c1-5-32-23(30)27-12-10-26(11-13-27)22(29)20(15(2)3)25-21(28)18-14-19(31-4)16-8-6-7-9-17(16)24-18/h6-9,14-15,20H,5,10-13H2,1-4H3,(H,25,28). The molecule has 32 heavy (non-hydrogen) atoms. The summed E-state index contributed by atoms with van der Waals surface area (Å²) >= 11 is 0. The van der Waals surface area contributed by atoms with Crippen LogP contribution in [-0.4, -0.2) is 78.6 Å². The molecule has 0 aliphatic carbocycles. The van der Waals surface area contributed by atoms with E-state index in [2.05, 4.69) is 10.3 Å². The number of carbonyl (C=O) groups excluding carboxylic acids is 3. The third-order valence-corrected chi connectivity index (χ3v) is 5.47. The molecule has 1 fully saturated rings. The van der Waals surface area contributed by atoms with Gasteiger partial charge >= 0.3 is 6.09 Å². The molecule has 1 aliphatic rings. The number of amides is 3. The molecule has 0 bridgehead atoms. The topological polar surface area (TPSA) is 101 Å².